The highest BCUT2D eigenvalue weighted by Crippen LogP contribution is 2.18. The number of carbonyl (C=O) groups excluding carboxylic acids is 1. The predicted octanol–water partition coefficient (Wildman–Crippen LogP) is 3.48. The summed E-state index contributed by atoms with van der Waals surface area (Å²) in [7, 11) is 0. The molecular weight excluding hydrogens is 248 g/mol. The molecule has 3 heteroatoms. The minimum atomic E-state index is -0.00178. The molecule has 2 heterocycles. The molecule has 1 aromatic carbocycles. The van der Waals surface area contributed by atoms with Gasteiger partial charge in [0.25, 0.3) is 0 Å². The zero-order valence-corrected chi connectivity index (χ0v) is 11.4. The van der Waals surface area contributed by atoms with Crippen LogP contribution in [0.5, 0.6) is 0 Å². The fourth-order valence-electron chi connectivity index (χ4n) is 2.25. The van der Waals surface area contributed by atoms with Crippen molar-refractivity contribution in [2.45, 2.75) is 13.8 Å². The van der Waals surface area contributed by atoms with Crippen LogP contribution in [0.2, 0.25) is 0 Å². The number of nitrogens with zero attached hydrogens (tertiary/aromatic N) is 2. The van der Waals surface area contributed by atoms with E-state index in [9.17, 15) is 4.79 Å². The number of pyridine rings is 2. The Morgan fingerprint density at radius 1 is 1.05 bits per heavy atom. The molecule has 2 aromatic heterocycles. The molecule has 0 amide bonds. The first-order valence-corrected chi connectivity index (χ1v) is 6.49. The number of aryl methyl sites for hydroxylation is 2. The van der Waals surface area contributed by atoms with Crippen LogP contribution < -0.4 is 0 Å². The maximum atomic E-state index is 12.5. The van der Waals surface area contributed by atoms with E-state index >= 15 is 0 Å². The Hall–Kier alpha value is -2.55. The number of ketones is 1. The minimum Gasteiger partial charge on any atom is -0.289 e. The molecule has 0 radical (unpaired) electrons. The number of rotatable bonds is 2. The fourth-order valence-corrected chi connectivity index (χ4v) is 2.25. The lowest BCUT2D eigenvalue weighted by atomic mass is 10.0. The summed E-state index contributed by atoms with van der Waals surface area (Å²) in [4.78, 5) is 21.1. The Bertz CT molecular complexity index is 809. The SMILES string of the molecule is Cc1ccc2cc(C(=O)c3cccnc3C)ccc2n1. The van der Waals surface area contributed by atoms with E-state index in [1.54, 1.807) is 12.3 Å². The van der Waals surface area contributed by atoms with Gasteiger partial charge in [0, 0.05) is 34.1 Å². The molecule has 0 saturated carbocycles. The number of hydrogen-bond donors (Lipinski definition) is 0. The molecular formula is C17H14N2O. The van der Waals surface area contributed by atoms with Gasteiger partial charge in [-0.25, -0.2) is 0 Å². The zero-order chi connectivity index (χ0) is 14.1. The van der Waals surface area contributed by atoms with Gasteiger partial charge in [-0.15, -0.1) is 0 Å². The van der Waals surface area contributed by atoms with E-state index in [4.69, 9.17) is 0 Å². The lowest BCUT2D eigenvalue weighted by Crippen LogP contribution is -2.04. The van der Waals surface area contributed by atoms with Crippen molar-refractivity contribution in [3.8, 4) is 0 Å². The molecule has 0 aliphatic carbocycles. The van der Waals surface area contributed by atoms with Crippen molar-refractivity contribution in [2.75, 3.05) is 0 Å². The lowest BCUT2D eigenvalue weighted by molar-refractivity contribution is 0.103. The van der Waals surface area contributed by atoms with E-state index in [0.717, 1.165) is 22.3 Å². The van der Waals surface area contributed by atoms with Gasteiger partial charge in [-0.3, -0.25) is 14.8 Å². The highest BCUT2D eigenvalue weighted by molar-refractivity contribution is 6.11. The van der Waals surface area contributed by atoms with Crippen LogP contribution in [0.25, 0.3) is 10.9 Å². The molecule has 3 nitrogen and oxygen atoms in total. The third-order valence-corrected chi connectivity index (χ3v) is 3.34. The minimum absolute atomic E-state index is 0.00178. The summed E-state index contributed by atoms with van der Waals surface area (Å²) in [6, 6.07) is 13.1. The van der Waals surface area contributed by atoms with Gasteiger partial charge in [-0.2, -0.15) is 0 Å². The molecule has 3 rings (SSSR count). The average Bonchev–Trinajstić information content (AvgIpc) is 2.46. The van der Waals surface area contributed by atoms with Crippen molar-refractivity contribution in [1.29, 1.82) is 0 Å². The Balaban J connectivity index is 2.09. The monoisotopic (exact) mass is 262 g/mol. The topological polar surface area (TPSA) is 42.9 Å². The third kappa shape index (κ3) is 2.18. The normalized spacial score (nSPS) is 10.7. The zero-order valence-electron chi connectivity index (χ0n) is 11.4. The number of carbonyl (C=O) groups is 1. The van der Waals surface area contributed by atoms with Gasteiger partial charge in [0.05, 0.1) is 5.52 Å². The van der Waals surface area contributed by atoms with Crippen molar-refractivity contribution < 1.29 is 4.79 Å². The Kier molecular flexibility index (Phi) is 3.03. The van der Waals surface area contributed by atoms with Gasteiger partial charge >= 0.3 is 0 Å². The number of hydrogen-bond acceptors (Lipinski definition) is 3. The first-order valence-electron chi connectivity index (χ1n) is 6.49. The molecule has 3 aromatic rings. The Morgan fingerprint density at radius 3 is 2.70 bits per heavy atom. The molecule has 0 N–H and O–H groups in total. The van der Waals surface area contributed by atoms with Crippen molar-refractivity contribution in [3.63, 3.8) is 0 Å². The van der Waals surface area contributed by atoms with Crippen LogP contribution in [-0.2, 0) is 0 Å². The molecule has 0 unspecified atom stereocenters. The van der Waals surface area contributed by atoms with E-state index in [2.05, 4.69) is 9.97 Å². The van der Waals surface area contributed by atoms with Crippen LogP contribution >= 0.6 is 0 Å². The van der Waals surface area contributed by atoms with Crippen LogP contribution in [0.3, 0.4) is 0 Å². The van der Waals surface area contributed by atoms with Crippen molar-refractivity contribution in [2.24, 2.45) is 0 Å². The second kappa shape index (κ2) is 4.85. The predicted molar refractivity (Wildman–Crippen MR) is 78.9 cm³/mol. The van der Waals surface area contributed by atoms with Gasteiger partial charge in [-0.05, 0) is 50.2 Å². The summed E-state index contributed by atoms with van der Waals surface area (Å²) in [6.45, 7) is 3.80. The summed E-state index contributed by atoms with van der Waals surface area (Å²) < 4.78 is 0. The number of benzene rings is 1. The van der Waals surface area contributed by atoms with Gasteiger partial charge in [0.1, 0.15) is 0 Å². The summed E-state index contributed by atoms with van der Waals surface area (Å²) in [5, 5.41) is 0.975. The quantitative estimate of drug-likeness (QED) is 0.664. The third-order valence-electron chi connectivity index (χ3n) is 3.34. The largest absolute Gasteiger partial charge is 0.289 e. The van der Waals surface area contributed by atoms with Crippen LogP contribution in [0.4, 0.5) is 0 Å². The molecule has 0 aliphatic rings. The summed E-state index contributed by atoms with van der Waals surface area (Å²) in [6.07, 6.45) is 1.69. The van der Waals surface area contributed by atoms with Crippen LogP contribution in [0.15, 0.2) is 48.7 Å². The Labute approximate surface area is 117 Å². The van der Waals surface area contributed by atoms with E-state index in [0.29, 0.717) is 11.1 Å². The van der Waals surface area contributed by atoms with Gasteiger partial charge in [0.15, 0.2) is 5.78 Å². The molecule has 0 atom stereocenters. The van der Waals surface area contributed by atoms with Gasteiger partial charge in [0.2, 0.25) is 0 Å². The van der Waals surface area contributed by atoms with E-state index < -0.39 is 0 Å². The average molecular weight is 262 g/mol. The second-order valence-electron chi connectivity index (χ2n) is 4.83. The first kappa shape index (κ1) is 12.5. The maximum Gasteiger partial charge on any atom is 0.194 e. The molecule has 20 heavy (non-hydrogen) atoms. The van der Waals surface area contributed by atoms with Crippen molar-refractivity contribution in [3.05, 3.63) is 71.2 Å². The molecule has 0 saturated heterocycles. The summed E-state index contributed by atoms with van der Waals surface area (Å²) >= 11 is 0. The molecule has 0 bridgehead atoms. The number of fused-ring (bicyclic) bond motifs is 1. The highest BCUT2D eigenvalue weighted by Gasteiger charge is 2.12. The summed E-state index contributed by atoms with van der Waals surface area (Å²) in [5.74, 6) is -0.00178. The van der Waals surface area contributed by atoms with Crippen LogP contribution in [0, 0.1) is 13.8 Å². The van der Waals surface area contributed by atoms with E-state index in [1.165, 1.54) is 0 Å². The summed E-state index contributed by atoms with van der Waals surface area (Å²) in [5.41, 5.74) is 3.94. The Morgan fingerprint density at radius 2 is 1.90 bits per heavy atom. The van der Waals surface area contributed by atoms with Crippen LogP contribution in [0.1, 0.15) is 27.3 Å². The molecule has 0 spiro atoms. The molecule has 0 aliphatic heterocycles. The van der Waals surface area contributed by atoms with Gasteiger partial charge in [-0.1, -0.05) is 6.07 Å². The second-order valence-corrected chi connectivity index (χ2v) is 4.83. The lowest BCUT2D eigenvalue weighted by Gasteiger charge is -2.05. The standard InChI is InChI=1S/C17H14N2O/c1-11-5-6-13-10-14(7-8-16(13)19-11)17(20)15-4-3-9-18-12(15)2/h3-10H,1-2H3. The van der Waals surface area contributed by atoms with Crippen molar-refractivity contribution >= 4 is 16.7 Å². The first-order chi connectivity index (χ1) is 9.65. The van der Waals surface area contributed by atoms with E-state index in [-0.39, 0.29) is 5.78 Å². The number of aromatic nitrogens is 2. The molecule has 98 valence electrons. The molecule has 0 fully saturated rings. The fraction of sp³-hybridized carbons (Fsp3) is 0.118. The van der Waals surface area contributed by atoms with Gasteiger partial charge < -0.3 is 0 Å². The maximum absolute atomic E-state index is 12.5. The smallest absolute Gasteiger partial charge is 0.194 e. The van der Waals surface area contributed by atoms with Crippen molar-refractivity contribution in [1.82, 2.24) is 9.97 Å². The van der Waals surface area contributed by atoms with E-state index in [1.807, 2.05) is 50.2 Å². The van der Waals surface area contributed by atoms with Crippen LogP contribution in [-0.4, -0.2) is 15.8 Å². The highest BCUT2D eigenvalue weighted by atomic mass is 16.1.